The van der Waals surface area contributed by atoms with Gasteiger partial charge in [0, 0.05) is 16.2 Å². The van der Waals surface area contributed by atoms with E-state index >= 15 is 0 Å². The highest BCUT2D eigenvalue weighted by molar-refractivity contribution is 7.99. The van der Waals surface area contributed by atoms with Gasteiger partial charge in [0.15, 0.2) is 6.10 Å². The van der Waals surface area contributed by atoms with Crippen LogP contribution in [0.3, 0.4) is 0 Å². The van der Waals surface area contributed by atoms with E-state index < -0.39 is 12.1 Å². The minimum atomic E-state index is -0.964. The monoisotopic (exact) mass is 378 g/mol. The van der Waals surface area contributed by atoms with Gasteiger partial charge in [0.25, 0.3) is 0 Å². The van der Waals surface area contributed by atoms with Gasteiger partial charge in [-0.1, -0.05) is 54.2 Å². The molecule has 0 saturated carbocycles. The summed E-state index contributed by atoms with van der Waals surface area (Å²) in [4.78, 5) is 14.0. The van der Waals surface area contributed by atoms with E-state index in [1.54, 1.807) is 11.8 Å². The number of carbonyl (C=O) groups is 1. The Labute approximate surface area is 164 Å². The van der Waals surface area contributed by atoms with Crippen LogP contribution in [0.2, 0.25) is 0 Å². The Morgan fingerprint density at radius 3 is 2.26 bits per heavy atom. The molecule has 0 saturated heterocycles. The summed E-state index contributed by atoms with van der Waals surface area (Å²) >= 11 is 1.63. The largest absolute Gasteiger partial charge is 0.478 e. The lowest BCUT2D eigenvalue weighted by Gasteiger charge is -2.18. The van der Waals surface area contributed by atoms with Gasteiger partial charge < -0.3 is 9.84 Å². The lowest BCUT2D eigenvalue weighted by atomic mass is 10.1. The zero-order valence-corrected chi connectivity index (χ0v) is 16.2. The van der Waals surface area contributed by atoms with Crippen molar-refractivity contribution in [2.75, 3.05) is 0 Å². The Morgan fingerprint density at radius 2 is 1.59 bits per heavy atom. The van der Waals surface area contributed by atoms with Crippen LogP contribution in [0, 0.1) is 13.8 Å². The van der Waals surface area contributed by atoms with E-state index in [-0.39, 0.29) is 0 Å². The van der Waals surface area contributed by atoms with Crippen LogP contribution in [0.25, 0.3) is 0 Å². The van der Waals surface area contributed by atoms with Gasteiger partial charge in [-0.05, 0) is 60.9 Å². The first kappa shape index (κ1) is 19.1. The first-order valence-electron chi connectivity index (χ1n) is 8.80. The second-order valence-electron chi connectivity index (χ2n) is 6.50. The predicted octanol–water partition coefficient (Wildman–Crippen LogP) is 5.53. The van der Waals surface area contributed by atoms with Crippen LogP contribution in [-0.2, 0) is 11.2 Å². The van der Waals surface area contributed by atoms with E-state index in [0.29, 0.717) is 12.2 Å². The van der Waals surface area contributed by atoms with Crippen molar-refractivity contribution >= 4 is 17.7 Å². The molecule has 4 heteroatoms. The minimum absolute atomic E-state index is 0.304. The Morgan fingerprint density at radius 1 is 0.963 bits per heavy atom. The number of aliphatic carboxylic acids is 1. The molecule has 3 aromatic rings. The van der Waals surface area contributed by atoms with Crippen molar-refractivity contribution in [3.8, 4) is 5.75 Å². The molecule has 3 aromatic carbocycles. The molecule has 0 aromatic heterocycles. The molecule has 1 atom stereocenters. The van der Waals surface area contributed by atoms with Crippen LogP contribution < -0.4 is 4.74 Å². The summed E-state index contributed by atoms with van der Waals surface area (Å²) in [5.74, 6) is -0.373. The molecule has 0 bridgehead atoms. The summed E-state index contributed by atoms with van der Waals surface area (Å²) in [5, 5.41) is 9.68. The first-order chi connectivity index (χ1) is 13.0. The van der Waals surface area contributed by atoms with E-state index in [1.807, 2.05) is 86.6 Å². The lowest BCUT2D eigenvalue weighted by Crippen LogP contribution is -2.29. The van der Waals surface area contributed by atoms with Gasteiger partial charge in [-0.25, -0.2) is 4.79 Å². The summed E-state index contributed by atoms with van der Waals surface area (Å²) in [5.41, 5.74) is 3.06. The normalized spacial score (nSPS) is 11.8. The van der Waals surface area contributed by atoms with Gasteiger partial charge in [-0.2, -0.15) is 0 Å². The fourth-order valence-electron chi connectivity index (χ4n) is 2.93. The molecular weight excluding hydrogens is 356 g/mol. The third-order valence-electron chi connectivity index (χ3n) is 4.10. The highest BCUT2D eigenvalue weighted by Crippen LogP contribution is 2.31. The molecule has 0 aliphatic rings. The number of hydrogen-bond donors (Lipinski definition) is 1. The molecule has 0 aliphatic heterocycles. The smallest absolute Gasteiger partial charge is 0.345 e. The summed E-state index contributed by atoms with van der Waals surface area (Å²) in [6.07, 6.45) is -0.637. The van der Waals surface area contributed by atoms with Crippen LogP contribution in [-0.4, -0.2) is 17.2 Å². The van der Waals surface area contributed by atoms with Crippen LogP contribution in [0.15, 0.2) is 82.6 Å². The van der Waals surface area contributed by atoms with Crippen LogP contribution >= 0.6 is 11.8 Å². The maximum absolute atomic E-state index is 11.8. The average molecular weight is 378 g/mol. The van der Waals surface area contributed by atoms with Gasteiger partial charge >= 0.3 is 5.97 Å². The SMILES string of the molecule is Cc1cc(C)cc(O[C@H](Cc2ccccc2Sc2ccccc2)C(=O)O)c1. The van der Waals surface area contributed by atoms with E-state index in [1.165, 1.54) is 0 Å². The van der Waals surface area contributed by atoms with Crippen molar-refractivity contribution in [2.45, 2.75) is 36.2 Å². The van der Waals surface area contributed by atoms with Gasteiger partial charge in [0.2, 0.25) is 0 Å². The molecule has 0 radical (unpaired) electrons. The summed E-state index contributed by atoms with van der Waals surface area (Å²) in [7, 11) is 0. The summed E-state index contributed by atoms with van der Waals surface area (Å²) in [6.45, 7) is 3.95. The zero-order chi connectivity index (χ0) is 19.2. The molecule has 27 heavy (non-hydrogen) atoms. The fraction of sp³-hybridized carbons (Fsp3) is 0.174. The second kappa shape index (κ2) is 8.78. The van der Waals surface area contributed by atoms with Crippen molar-refractivity contribution in [3.05, 3.63) is 89.5 Å². The number of carboxylic acid groups (broad SMARTS) is 1. The highest BCUT2D eigenvalue weighted by Gasteiger charge is 2.22. The molecule has 0 spiro atoms. The maximum Gasteiger partial charge on any atom is 0.345 e. The molecule has 0 unspecified atom stereocenters. The molecular formula is C23H22O3S. The number of benzene rings is 3. The molecule has 0 heterocycles. The standard InChI is InChI=1S/C23H22O3S/c1-16-12-17(2)14-19(13-16)26-21(23(24)25)15-18-8-6-7-11-22(18)27-20-9-4-3-5-10-20/h3-14,21H,15H2,1-2H3,(H,24,25)/t21-/m1/s1. The fourth-order valence-corrected chi connectivity index (χ4v) is 3.91. The van der Waals surface area contributed by atoms with Gasteiger partial charge in [0.05, 0.1) is 0 Å². The van der Waals surface area contributed by atoms with Crippen LogP contribution in [0.4, 0.5) is 0 Å². The van der Waals surface area contributed by atoms with E-state index in [0.717, 1.165) is 26.5 Å². The van der Waals surface area contributed by atoms with Crippen molar-refractivity contribution in [3.63, 3.8) is 0 Å². The third kappa shape index (κ3) is 5.38. The highest BCUT2D eigenvalue weighted by atomic mass is 32.2. The number of hydrogen-bond acceptors (Lipinski definition) is 3. The van der Waals surface area contributed by atoms with E-state index in [9.17, 15) is 9.90 Å². The molecule has 0 amide bonds. The Kier molecular flexibility index (Phi) is 6.20. The zero-order valence-electron chi connectivity index (χ0n) is 15.4. The number of carboxylic acids is 1. The summed E-state index contributed by atoms with van der Waals surface area (Å²) in [6, 6.07) is 23.7. The van der Waals surface area contributed by atoms with Crippen LogP contribution in [0.1, 0.15) is 16.7 Å². The first-order valence-corrected chi connectivity index (χ1v) is 9.61. The molecule has 138 valence electrons. The molecule has 3 nitrogen and oxygen atoms in total. The van der Waals surface area contributed by atoms with Crippen molar-refractivity contribution in [1.29, 1.82) is 0 Å². The Bertz CT molecular complexity index is 902. The molecule has 0 aliphatic carbocycles. The second-order valence-corrected chi connectivity index (χ2v) is 7.61. The van der Waals surface area contributed by atoms with E-state index in [4.69, 9.17) is 4.74 Å². The molecule has 0 fully saturated rings. The number of ether oxygens (including phenoxy) is 1. The lowest BCUT2D eigenvalue weighted by molar-refractivity contribution is -0.145. The minimum Gasteiger partial charge on any atom is -0.478 e. The number of aryl methyl sites for hydroxylation is 2. The van der Waals surface area contributed by atoms with Crippen molar-refractivity contribution in [1.82, 2.24) is 0 Å². The summed E-state index contributed by atoms with van der Waals surface area (Å²) < 4.78 is 5.84. The molecule has 1 N–H and O–H groups in total. The topological polar surface area (TPSA) is 46.5 Å². The van der Waals surface area contributed by atoms with Crippen molar-refractivity contribution in [2.24, 2.45) is 0 Å². The molecule has 3 rings (SSSR count). The van der Waals surface area contributed by atoms with E-state index in [2.05, 4.69) is 0 Å². The quantitative estimate of drug-likeness (QED) is 0.587. The van der Waals surface area contributed by atoms with Gasteiger partial charge in [-0.15, -0.1) is 0 Å². The number of rotatable bonds is 7. The van der Waals surface area contributed by atoms with Gasteiger partial charge in [-0.3, -0.25) is 0 Å². The Balaban J connectivity index is 1.81. The average Bonchev–Trinajstić information content (AvgIpc) is 2.62. The predicted molar refractivity (Wildman–Crippen MR) is 109 cm³/mol. The Hall–Kier alpha value is -2.72. The van der Waals surface area contributed by atoms with Gasteiger partial charge in [0.1, 0.15) is 5.75 Å². The van der Waals surface area contributed by atoms with Crippen molar-refractivity contribution < 1.29 is 14.6 Å². The van der Waals surface area contributed by atoms with Crippen LogP contribution in [0.5, 0.6) is 5.75 Å². The maximum atomic E-state index is 11.8. The third-order valence-corrected chi connectivity index (χ3v) is 5.22.